The van der Waals surface area contributed by atoms with Gasteiger partial charge in [-0.15, -0.1) is 0 Å². The number of aromatic nitrogens is 3. The van der Waals surface area contributed by atoms with Crippen LogP contribution in [0.4, 0.5) is 0 Å². The Hall–Kier alpha value is -2.57. The Balaban J connectivity index is 1.73. The third-order valence-electron chi connectivity index (χ3n) is 5.38. The van der Waals surface area contributed by atoms with Crippen LogP contribution in [0.1, 0.15) is 38.8 Å². The highest BCUT2D eigenvalue weighted by atomic mass is 16.3. The van der Waals surface area contributed by atoms with Crippen LogP contribution < -0.4 is 5.56 Å². The van der Waals surface area contributed by atoms with Crippen molar-refractivity contribution in [2.45, 2.75) is 47.1 Å². The van der Waals surface area contributed by atoms with E-state index in [2.05, 4.69) is 18.9 Å². The number of likely N-dealkylation sites (tertiary alicyclic amines) is 1. The van der Waals surface area contributed by atoms with Gasteiger partial charge in [0.25, 0.3) is 5.56 Å². The summed E-state index contributed by atoms with van der Waals surface area (Å²) in [4.78, 5) is 27.6. The van der Waals surface area contributed by atoms with E-state index in [4.69, 9.17) is 4.42 Å². The van der Waals surface area contributed by atoms with Crippen molar-refractivity contribution in [3.63, 3.8) is 0 Å². The van der Waals surface area contributed by atoms with Crippen LogP contribution in [0.25, 0.3) is 16.6 Å². The number of amides is 1. The summed E-state index contributed by atoms with van der Waals surface area (Å²) in [5, 5.41) is 4.50. The molecule has 4 heterocycles. The van der Waals surface area contributed by atoms with Crippen molar-refractivity contribution >= 4 is 22.5 Å². The Kier molecular flexibility index (Phi) is 4.32. The highest BCUT2D eigenvalue weighted by Gasteiger charge is 2.26. The molecule has 1 aliphatic rings. The van der Waals surface area contributed by atoms with E-state index in [9.17, 15) is 9.59 Å². The van der Waals surface area contributed by atoms with Crippen molar-refractivity contribution in [1.82, 2.24) is 19.1 Å². The Morgan fingerprint density at radius 2 is 1.93 bits per heavy atom. The number of piperidine rings is 1. The van der Waals surface area contributed by atoms with Crippen LogP contribution >= 0.6 is 0 Å². The average molecular weight is 370 g/mol. The lowest BCUT2D eigenvalue weighted by Gasteiger charge is -2.35. The molecule has 4 rings (SSSR count). The monoisotopic (exact) mass is 370 g/mol. The summed E-state index contributed by atoms with van der Waals surface area (Å²) in [5.41, 5.74) is 1.76. The Morgan fingerprint density at radius 3 is 2.59 bits per heavy atom. The summed E-state index contributed by atoms with van der Waals surface area (Å²) in [5.74, 6) is 2.46. The van der Waals surface area contributed by atoms with Gasteiger partial charge in [0.2, 0.25) is 5.91 Å². The zero-order valence-electron chi connectivity index (χ0n) is 16.4. The van der Waals surface area contributed by atoms with Gasteiger partial charge in [0.15, 0.2) is 5.58 Å². The molecule has 144 valence electrons. The second-order valence-electron chi connectivity index (χ2n) is 7.95. The first-order chi connectivity index (χ1) is 12.9. The predicted octanol–water partition coefficient (Wildman–Crippen LogP) is 2.62. The second kappa shape index (κ2) is 6.55. The number of hydrogen-bond donors (Lipinski definition) is 0. The number of hydrogen-bond acceptors (Lipinski definition) is 4. The van der Waals surface area contributed by atoms with E-state index >= 15 is 0 Å². The minimum absolute atomic E-state index is 0.0205. The maximum atomic E-state index is 13.0. The number of rotatable bonds is 3. The van der Waals surface area contributed by atoms with E-state index in [1.165, 1.54) is 4.68 Å². The van der Waals surface area contributed by atoms with Crippen LogP contribution in [0.3, 0.4) is 0 Å². The maximum absolute atomic E-state index is 13.0. The van der Waals surface area contributed by atoms with Crippen LogP contribution in [0.15, 0.2) is 21.3 Å². The molecule has 0 saturated carbocycles. The summed E-state index contributed by atoms with van der Waals surface area (Å²) < 4.78 is 8.83. The highest BCUT2D eigenvalue weighted by molar-refractivity contribution is 5.83. The molecule has 0 unspecified atom stereocenters. The van der Waals surface area contributed by atoms with Crippen molar-refractivity contribution in [3.8, 4) is 0 Å². The van der Waals surface area contributed by atoms with Gasteiger partial charge in [-0.25, -0.2) is 4.68 Å². The molecule has 3 aromatic rings. The van der Waals surface area contributed by atoms with Gasteiger partial charge in [-0.1, -0.05) is 20.8 Å². The van der Waals surface area contributed by atoms with Crippen molar-refractivity contribution in [2.75, 3.05) is 13.1 Å². The number of nitrogens with zero attached hydrogens (tertiary/aromatic N) is 4. The van der Waals surface area contributed by atoms with Crippen molar-refractivity contribution in [1.29, 1.82) is 0 Å². The molecule has 1 saturated heterocycles. The van der Waals surface area contributed by atoms with E-state index in [-0.39, 0.29) is 18.0 Å². The third-order valence-corrected chi connectivity index (χ3v) is 5.38. The molecular formula is C20H26N4O3. The molecule has 3 aromatic heterocycles. The number of carbonyl (C=O) groups excluding carboxylic acids is 1. The normalized spacial score (nSPS) is 20.7. The van der Waals surface area contributed by atoms with Crippen LogP contribution in [-0.2, 0) is 17.8 Å². The molecule has 2 atom stereocenters. The van der Waals surface area contributed by atoms with Gasteiger partial charge in [0.05, 0.1) is 5.52 Å². The molecule has 7 heteroatoms. The van der Waals surface area contributed by atoms with Gasteiger partial charge in [0, 0.05) is 31.6 Å². The molecule has 0 spiro atoms. The molecular weight excluding hydrogens is 344 g/mol. The van der Waals surface area contributed by atoms with E-state index in [0.29, 0.717) is 29.4 Å². The van der Waals surface area contributed by atoms with Crippen molar-refractivity contribution in [2.24, 2.45) is 11.8 Å². The SMILES string of the molecule is CCc1nn(CC(=O)N2C[C@H](C)C[C@H](C)C2)c(=O)c2cc3oc(C)cc3n12. The molecule has 0 radical (unpaired) electrons. The Bertz CT molecular complexity index is 1060. The number of carbonyl (C=O) groups is 1. The number of furan rings is 1. The van der Waals surface area contributed by atoms with E-state index < -0.39 is 0 Å². The lowest BCUT2D eigenvalue weighted by atomic mass is 9.92. The Morgan fingerprint density at radius 1 is 1.22 bits per heavy atom. The molecule has 1 fully saturated rings. The number of aryl methyl sites for hydroxylation is 2. The largest absolute Gasteiger partial charge is 0.460 e. The summed E-state index contributed by atoms with van der Waals surface area (Å²) in [6.45, 7) is 9.68. The van der Waals surface area contributed by atoms with E-state index in [0.717, 1.165) is 36.6 Å². The molecule has 1 amide bonds. The molecule has 1 aliphatic heterocycles. The zero-order valence-corrected chi connectivity index (χ0v) is 16.4. The summed E-state index contributed by atoms with van der Waals surface area (Å²) in [6, 6.07) is 3.66. The second-order valence-corrected chi connectivity index (χ2v) is 7.95. The van der Waals surface area contributed by atoms with Crippen molar-refractivity contribution < 1.29 is 9.21 Å². The first-order valence-corrected chi connectivity index (χ1v) is 9.66. The first kappa shape index (κ1) is 17.8. The average Bonchev–Trinajstić information content (AvgIpc) is 3.13. The van der Waals surface area contributed by atoms with E-state index in [1.54, 1.807) is 6.07 Å². The van der Waals surface area contributed by atoms with Crippen LogP contribution in [0.5, 0.6) is 0 Å². The molecule has 7 nitrogen and oxygen atoms in total. The smallest absolute Gasteiger partial charge is 0.291 e. The Labute approximate surface area is 157 Å². The highest BCUT2D eigenvalue weighted by Crippen LogP contribution is 2.24. The quantitative estimate of drug-likeness (QED) is 0.710. The van der Waals surface area contributed by atoms with Crippen LogP contribution in [-0.4, -0.2) is 38.1 Å². The lowest BCUT2D eigenvalue weighted by Crippen LogP contribution is -2.45. The summed E-state index contributed by atoms with van der Waals surface area (Å²) >= 11 is 0. The number of fused-ring (bicyclic) bond motifs is 3. The fourth-order valence-corrected chi connectivity index (χ4v) is 4.34. The van der Waals surface area contributed by atoms with Gasteiger partial charge >= 0.3 is 0 Å². The summed E-state index contributed by atoms with van der Waals surface area (Å²) in [6.07, 6.45) is 1.79. The van der Waals surface area contributed by atoms with Gasteiger partial charge in [0.1, 0.15) is 23.6 Å². The molecule has 0 N–H and O–H groups in total. The zero-order chi connectivity index (χ0) is 19.3. The predicted molar refractivity (Wildman–Crippen MR) is 103 cm³/mol. The van der Waals surface area contributed by atoms with Gasteiger partial charge in [-0.05, 0) is 25.2 Å². The molecule has 0 aliphatic carbocycles. The minimum Gasteiger partial charge on any atom is -0.460 e. The van der Waals surface area contributed by atoms with Crippen LogP contribution in [0, 0.1) is 18.8 Å². The fraction of sp³-hybridized carbons (Fsp3) is 0.550. The van der Waals surface area contributed by atoms with Crippen molar-refractivity contribution in [3.05, 3.63) is 34.1 Å². The van der Waals surface area contributed by atoms with Crippen LogP contribution in [0.2, 0.25) is 0 Å². The topological polar surface area (TPSA) is 72.8 Å². The first-order valence-electron chi connectivity index (χ1n) is 9.66. The van der Waals surface area contributed by atoms with E-state index in [1.807, 2.05) is 29.2 Å². The van der Waals surface area contributed by atoms with Gasteiger partial charge < -0.3 is 9.32 Å². The minimum atomic E-state index is -0.261. The molecule has 0 bridgehead atoms. The maximum Gasteiger partial charge on any atom is 0.291 e. The fourth-order valence-electron chi connectivity index (χ4n) is 4.34. The third kappa shape index (κ3) is 3.05. The summed E-state index contributed by atoms with van der Waals surface area (Å²) in [7, 11) is 0. The lowest BCUT2D eigenvalue weighted by molar-refractivity contribution is -0.134. The van der Waals surface area contributed by atoms with Gasteiger partial charge in [-0.2, -0.15) is 5.10 Å². The molecule has 0 aromatic carbocycles. The standard InChI is InChI=1S/C20H26N4O3/c1-5-18-21-23(11-19(25)22-9-12(2)6-13(3)10-22)20(26)16-8-17-15(24(16)18)7-14(4)27-17/h7-8,12-13H,5-6,9-11H2,1-4H3/t12-,13+. The molecule has 27 heavy (non-hydrogen) atoms. The van der Waals surface area contributed by atoms with Gasteiger partial charge in [-0.3, -0.25) is 14.0 Å².